The molecule has 2 atom stereocenters. The Bertz CT molecular complexity index is 175. The van der Waals surface area contributed by atoms with E-state index in [1.165, 1.54) is 6.92 Å². The molecule has 0 heterocycles. The summed E-state index contributed by atoms with van der Waals surface area (Å²) in [6, 6.07) is 0. The van der Waals surface area contributed by atoms with Gasteiger partial charge in [0, 0.05) is 5.92 Å². The van der Waals surface area contributed by atoms with Crippen LogP contribution in [0.15, 0.2) is 11.7 Å². The van der Waals surface area contributed by atoms with Crippen LogP contribution in [0.25, 0.3) is 0 Å². The third-order valence-electron chi connectivity index (χ3n) is 1.44. The molecule has 0 saturated heterocycles. The zero-order valence-electron chi connectivity index (χ0n) is 6.37. The SMILES string of the molecule is CC(F)C(C)C(F)=C(F)C=N. The molecule has 0 fully saturated rings. The smallest absolute Gasteiger partial charge is 0.172 e. The third kappa shape index (κ3) is 2.74. The lowest BCUT2D eigenvalue weighted by atomic mass is 10.1. The molecule has 64 valence electrons. The van der Waals surface area contributed by atoms with Gasteiger partial charge < -0.3 is 5.41 Å². The average molecular weight is 165 g/mol. The number of allylic oxidation sites excluding steroid dienone is 2. The highest BCUT2D eigenvalue weighted by Gasteiger charge is 2.19. The van der Waals surface area contributed by atoms with Crippen LogP contribution in [-0.4, -0.2) is 12.4 Å². The Kier molecular flexibility index (Phi) is 3.85. The van der Waals surface area contributed by atoms with Gasteiger partial charge >= 0.3 is 0 Å². The Morgan fingerprint density at radius 3 is 2.09 bits per heavy atom. The molecule has 0 saturated carbocycles. The highest BCUT2D eigenvalue weighted by atomic mass is 19.2. The van der Waals surface area contributed by atoms with Crippen LogP contribution >= 0.6 is 0 Å². The van der Waals surface area contributed by atoms with E-state index in [1.807, 2.05) is 0 Å². The summed E-state index contributed by atoms with van der Waals surface area (Å²) in [5.41, 5.74) is 0. The zero-order valence-corrected chi connectivity index (χ0v) is 6.37. The van der Waals surface area contributed by atoms with Gasteiger partial charge in [0.25, 0.3) is 0 Å². The summed E-state index contributed by atoms with van der Waals surface area (Å²) in [5.74, 6) is -3.62. The Morgan fingerprint density at radius 2 is 1.82 bits per heavy atom. The second-order valence-corrected chi connectivity index (χ2v) is 2.31. The molecule has 1 nitrogen and oxygen atoms in total. The van der Waals surface area contributed by atoms with Gasteiger partial charge in [-0.1, -0.05) is 6.92 Å². The van der Waals surface area contributed by atoms with Crippen LogP contribution in [-0.2, 0) is 0 Å². The lowest BCUT2D eigenvalue weighted by Gasteiger charge is -2.09. The van der Waals surface area contributed by atoms with E-state index in [0.29, 0.717) is 0 Å². The summed E-state index contributed by atoms with van der Waals surface area (Å²) in [7, 11) is 0. The fourth-order valence-corrected chi connectivity index (χ4v) is 0.488. The van der Waals surface area contributed by atoms with Crippen molar-refractivity contribution in [2.24, 2.45) is 5.92 Å². The number of rotatable bonds is 3. The Morgan fingerprint density at radius 1 is 1.36 bits per heavy atom. The van der Waals surface area contributed by atoms with Crippen LogP contribution in [0.3, 0.4) is 0 Å². The van der Waals surface area contributed by atoms with Crippen LogP contribution in [0.1, 0.15) is 13.8 Å². The van der Waals surface area contributed by atoms with Crippen molar-refractivity contribution in [3.63, 3.8) is 0 Å². The molecule has 1 N–H and O–H groups in total. The molecule has 0 bridgehead atoms. The number of alkyl halides is 1. The van der Waals surface area contributed by atoms with Crippen LogP contribution in [0.4, 0.5) is 13.2 Å². The molecular formula is C7H10F3N. The second-order valence-electron chi connectivity index (χ2n) is 2.31. The first-order valence-electron chi connectivity index (χ1n) is 3.20. The monoisotopic (exact) mass is 165 g/mol. The number of hydrogen-bond acceptors (Lipinski definition) is 1. The third-order valence-corrected chi connectivity index (χ3v) is 1.44. The molecule has 0 aliphatic carbocycles. The van der Waals surface area contributed by atoms with Gasteiger partial charge in [0.15, 0.2) is 5.83 Å². The van der Waals surface area contributed by atoms with Crippen LogP contribution in [0.5, 0.6) is 0 Å². The first-order chi connectivity index (χ1) is 5.00. The zero-order chi connectivity index (χ0) is 9.02. The van der Waals surface area contributed by atoms with Crippen molar-refractivity contribution in [1.29, 1.82) is 5.41 Å². The Balaban J connectivity index is 4.45. The maximum absolute atomic E-state index is 12.6. The predicted molar refractivity (Wildman–Crippen MR) is 37.8 cm³/mol. The van der Waals surface area contributed by atoms with Crippen molar-refractivity contribution in [1.82, 2.24) is 0 Å². The second kappa shape index (κ2) is 4.16. The summed E-state index contributed by atoms with van der Waals surface area (Å²) in [4.78, 5) is 0. The molecule has 11 heavy (non-hydrogen) atoms. The molecule has 0 spiro atoms. The van der Waals surface area contributed by atoms with E-state index in [4.69, 9.17) is 5.41 Å². The minimum Gasteiger partial charge on any atom is -0.306 e. The van der Waals surface area contributed by atoms with Gasteiger partial charge in [-0.3, -0.25) is 0 Å². The van der Waals surface area contributed by atoms with E-state index >= 15 is 0 Å². The van der Waals surface area contributed by atoms with E-state index in [1.54, 1.807) is 0 Å². The largest absolute Gasteiger partial charge is 0.306 e. The quantitative estimate of drug-likeness (QED) is 0.622. The first kappa shape index (κ1) is 10.2. The van der Waals surface area contributed by atoms with Crippen molar-refractivity contribution in [3.8, 4) is 0 Å². The summed E-state index contributed by atoms with van der Waals surface area (Å²) < 4.78 is 37.1. The highest BCUT2D eigenvalue weighted by molar-refractivity contribution is 5.73. The summed E-state index contributed by atoms with van der Waals surface area (Å²) in [6.45, 7) is 2.37. The molecule has 0 aromatic heterocycles. The Labute approximate surface area is 63.4 Å². The van der Waals surface area contributed by atoms with E-state index in [-0.39, 0.29) is 6.21 Å². The van der Waals surface area contributed by atoms with Gasteiger partial charge in [-0.15, -0.1) is 0 Å². The Hall–Kier alpha value is -0.800. The van der Waals surface area contributed by atoms with Gasteiger partial charge in [-0.05, 0) is 6.92 Å². The van der Waals surface area contributed by atoms with Gasteiger partial charge in [0.2, 0.25) is 0 Å². The van der Waals surface area contributed by atoms with Crippen molar-refractivity contribution in [3.05, 3.63) is 11.7 Å². The lowest BCUT2D eigenvalue weighted by molar-refractivity contribution is 0.259. The highest BCUT2D eigenvalue weighted by Crippen LogP contribution is 2.21. The van der Waals surface area contributed by atoms with Crippen LogP contribution in [0.2, 0.25) is 0 Å². The summed E-state index contributed by atoms with van der Waals surface area (Å²) in [6.07, 6.45) is -1.21. The minimum atomic E-state index is -1.44. The van der Waals surface area contributed by atoms with Gasteiger partial charge in [-0.25, -0.2) is 13.2 Å². The molecule has 0 aromatic carbocycles. The van der Waals surface area contributed by atoms with Gasteiger partial charge in [0.1, 0.15) is 12.0 Å². The molecule has 0 radical (unpaired) electrons. The van der Waals surface area contributed by atoms with Crippen molar-refractivity contribution in [2.75, 3.05) is 0 Å². The maximum Gasteiger partial charge on any atom is 0.172 e. The summed E-state index contributed by atoms with van der Waals surface area (Å²) in [5, 5.41) is 6.35. The van der Waals surface area contributed by atoms with E-state index in [0.717, 1.165) is 6.92 Å². The van der Waals surface area contributed by atoms with Crippen molar-refractivity contribution < 1.29 is 13.2 Å². The van der Waals surface area contributed by atoms with Crippen LogP contribution < -0.4 is 0 Å². The minimum absolute atomic E-state index is 0.230. The molecule has 2 unspecified atom stereocenters. The van der Waals surface area contributed by atoms with E-state index in [2.05, 4.69) is 0 Å². The molecule has 0 amide bonds. The van der Waals surface area contributed by atoms with Crippen molar-refractivity contribution in [2.45, 2.75) is 20.0 Å². The standard InChI is InChI=1S/C7H10F3N/c1-4(5(2)8)7(10)6(9)3-11/h3-5,11H,1-2H3. The molecule has 0 aliphatic rings. The van der Waals surface area contributed by atoms with E-state index in [9.17, 15) is 13.2 Å². The lowest BCUT2D eigenvalue weighted by Crippen LogP contribution is -2.09. The maximum atomic E-state index is 12.6. The van der Waals surface area contributed by atoms with Gasteiger partial charge in [-0.2, -0.15) is 0 Å². The molecule has 0 rings (SSSR count). The average Bonchev–Trinajstić information content (AvgIpc) is 2.00. The molecule has 0 aliphatic heterocycles. The first-order valence-corrected chi connectivity index (χ1v) is 3.20. The molecule has 0 aromatic rings. The predicted octanol–water partition coefficient (Wildman–Crippen LogP) is 2.78. The van der Waals surface area contributed by atoms with Crippen molar-refractivity contribution >= 4 is 6.21 Å². The van der Waals surface area contributed by atoms with Gasteiger partial charge in [0.05, 0.1) is 6.21 Å². The fourth-order valence-electron chi connectivity index (χ4n) is 0.488. The van der Waals surface area contributed by atoms with Crippen LogP contribution in [0, 0.1) is 11.3 Å². The normalized spacial score (nSPS) is 18.6. The number of halogens is 3. The number of hydrogen-bond donors (Lipinski definition) is 1. The summed E-state index contributed by atoms with van der Waals surface area (Å²) >= 11 is 0. The molecule has 4 heteroatoms. The molecular weight excluding hydrogens is 155 g/mol. The number of nitrogens with one attached hydrogen (secondary N) is 1. The fraction of sp³-hybridized carbons (Fsp3) is 0.571. The van der Waals surface area contributed by atoms with E-state index < -0.39 is 23.7 Å². The topological polar surface area (TPSA) is 23.9 Å².